The minimum absolute atomic E-state index is 0.0128. The molecule has 1 aromatic carbocycles. The summed E-state index contributed by atoms with van der Waals surface area (Å²) < 4.78 is 18.2. The van der Waals surface area contributed by atoms with Crippen LogP contribution in [0.4, 0.5) is 15.8 Å². The molecule has 1 unspecified atom stereocenters. The lowest BCUT2D eigenvalue weighted by Crippen LogP contribution is -2.39. The Morgan fingerprint density at radius 2 is 2.24 bits per heavy atom. The summed E-state index contributed by atoms with van der Waals surface area (Å²) in [6.45, 7) is 0.455. The molecule has 4 nitrogen and oxygen atoms in total. The summed E-state index contributed by atoms with van der Waals surface area (Å²) in [6, 6.07) is 2.25. The van der Waals surface area contributed by atoms with E-state index >= 15 is 0 Å². The van der Waals surface area contributed by atoms with Gasteiger partial charge in [0.25, 0.3) is 0 Å². The minimum atomic E-state index is -0.514. The lowest BCUT2D eigenvalue weighted by atomic mass is 10.1. The highest BCUT2D eigenvalue weighted by Gasteiger charge is 2.25. The second-order valence-corrected chi connectivity index (χ2v) is 4.19. The van der Waals surface area contributed by atoms with Gasteiger partial charge in [-0.15, -0.1) is 0 Å². The van der Waals surface area contributed by atoms with E-state index in [1.54, 1.807) is 7.11 Å². The van der Waals surface area contributed by atoms with Crippen molar-refractivity contribution >= 4 is 28.9 Å². The molecule has 0 saturated carbocycles. The molecule has 2 N–H and O–H groups in total. The van der Waals surface area contributed by atoms with Crippen LogP contribution in [-0.4, -0.2) is 25.7 Å². The van der Waals surface area contributed by atoms with Crippen LogP contribution in [0.15, 0.2) is 12.1 Å². The first kappa shape index (κ1) is 12.1. The van der Waals surface area contributed by atoms with Gasteiger partial charge in [0.2, 0.25) is 5.91 Å². The number of carbonyl (C=O) groups is 1. The van der Waals surface area contributed by atoms with Gasteiger partial charge in [0.15, 0.2) is 0 Å². The maximum atomic E-state index is 13.3. The number of ether oxygens (including phenoxy) is 1. The Bertz CT molecular complexity index is 453. The van der Waals surface area contributed by atoms with Gasteiger partial charge in [-0.3, -0.25) is 4.79 Å². The van der Waals surface area contributed by atoms with Crippen LogP contribution in [0.25, 0.3) is 0 Å². The Morgan fingerprint density at radius 3 is 2.94 bits per heavy atom. The number of halogens is 2. The third-order valence-electron chi connectivity index (χ3n) is 2.58. The zero-order valence-electron chi connectivity index (χ0n) is 9.22. The molecule has 0 aliphatic carbocycles. The topological polar surface area (TPSA) is 50.4 Å². The molecule has 1 aliphatic heterocycles. The highest BCUT2D eigenvalue weighted by Crippen LogP contribution is 2.32. The van der Waals surface area contributed by atoms with E-state index in [1.165, 1.54) is 12.1 Å². The number of amides is 1. The second kappa shape index (κ2) is 4.89. The molecule has 17 heavy (non-hydrogen) atoms. The molecule has 0 aromatic heterocycles. The molecule has 1 heterocycles. The molecule has 0 spiro atoms. The van der Waals surface area contributed by atoms with Crippen LogP contribution >= 0.6 is 11.6 Å². The average Bonchev–Trinajstić information content (AvgIpc) is 2.29. The number of nitrogens with one attached hydrogen (secondary N) is 2. The first-order valence-corrected chi connectivity index (χ1v) is 5.55. The fraction of sp³-hybridized carbons (Fsp3) is 0.364. The molecular weight excluding hydrogens is 247 g/mol. The van der Waals surface area contributed by atoms with E-state index in [2.05, 4.69) is 10.6 Å². The summed E-state index contributed by atoms with van der Waals surface area (Å²) >= 11 is 5.64. The normalized spacial score (nSPS) is 18.3. The van der Waals surface area contributed by atoms with Gasteiger partial charge in [0, 0.05) is 19.8 Å². The van der Waals surface area contributed by atoms with Crippen molar-refractivity contribution in [3.8, 4) is 0 Å². The predicted molar refractivity (Wildman–Crippen MR) is 63.9 cm³/mol. The molecular formula is C11H12ClFN2O2. The van der Waals surface area contributed by atoms with E-state index < -0.39 is 11.9 Å². The van der Waals surface area contributed by atoms with E-state index in [0.717, 1.165) is 0 Å². The van der Waals surface area contributed by atoms with Gasteiger partial charge in [-0.05, 0) is 12.5 Å². The van der Waals surface area contributed by atoms with Crippen molar-refractivity contribution in [2.45, 2.75) is 12.5 Å². The van der Waals surface area contributed by atoms with Crippen LogP contribution in [0.5, 0.6) is 0 Å². The lowest BCUT2D eigenvalue weighted by Gasteiger charge is -2.26. The Kier molecular flexibility index (Phi) is 3.49. The summed E-state index contributed by atoms with van der Waals surface area (Å²) in [7, 11) is 1.56. The van der Waals surface area contributed by atoms with E-state index in [-0.39, 0.29) is 10.9 Å². The molecule has 0 bridgehead atoms. The summed E-state index contributed by atoms with van der Waals surface area (Å²) in [5.74, 6) is -0.684. The zero-order valence-corrected chi connectivity index (χ0v) is 9.97. The third kappa shape index (κ3) is 2.50. The molecule has 92 valence electrons. The Morgan fingerprint density at radius 1 is 1.47 bits per heavy atom. The Balaban J connectivity index is 2.22. The highest BCUT2D eigenvalue weighted by atomic mass is 35.5. The molecule has 2 rings (SSSR count). The fourth-order valence-corrected chi connectivity index (χ4v) is 1.85. The zero-order chi connectivity index (χ0) is 12.4. The van der Waals surface area contributed by atoms with Gasteiger partial charge < -0.3 is 15.4 Å². The number of anilines is 2. The maximum absolute atomic E-state index is 13.3. The molecule has 0 saturated heterocycles. The molecule has 1 atom stereocenters. The van der Waals surface area contributed by atoms with Gasteiger partial charge in [0.05, 0.1) is 16.4 Å². The third-order valence-corrected chi connectivity index (χ3v) is 2.86. The summed E-state index contributed by atoms with van der Waals surface area (Å²) in [4.78, 5) is 11.7. The minimum Gasteiger partial charge on any atom is -0.385 e. The number of hydrogen-bond donors (Lipinski definition) is 2. The van der Waals surface area contributed by atoms with Crippen molar-refractivity contribution in [3.05, 3.63) is 23.0 Å². The van der Waals surface area contributed by atoms with Crippen LogP contribution in [0.3, 0.4) is 0 Å². The molecule has 1 aromatic rings. The highest BCUT2D eigenvalue weighted by molar-refractivity contribution is 6.31. The number of carbonyl (C=O) groups excluding carboxylic acids is 1. The number of methoxy groups -OCH3 is 1. The van der Waals surface area contributed by atoms with Crippen molar-refractivity contribution in [1.82, 2.24) is 0 Å². The van der Waals surface area contributed by atoms with Crippen molar-refractivity contribution in [2.75, 3.05) is 24.4 Å². The summed E-state index contributed by atoms with van der Waals surface area (Å²) in [6.07, 6.45) is 0.520. The standard InChI is InChI=1S/C11H12ClFN2O2/c1-17-3-2-8-11(16)15-9-4-6(12)7(13)5-10(9)14-8/h4-5,8,14H,2-3H2,1H3,(H,15,16). The lowest BCUT2D eigenvalue weighted by molar-refractivity contribution is -0.117. The maximum Gasteiger partial charge on any atom is 0.247 e. The van der Waals surface area contributed by atoms with Gasteiger partial charge in [-0.2, -0.15) is 0 Å². The van der Waals surface area contributed by atoms with Crippen molar-refractivity contribution < 1.29 is 13.9 Å². The van der Waals surface area contributed by atoms with Gasteiger partial charge in [-0.1, -0.05) is 11.6 Å². The smallest absolute Gasteiger partial charge is 0.247 e. The van der Waals surface area contributed by atoms with Crippen LogP contribution < -0.4 is 10.6 Å². The molecule has 1 aliphatic rings. The van der Waals surface area contributed by atoms with Crippen LogP contribution in [0.2, 0.25) is 5.02 Å². The fourth-order valence-electron chi connectivity index (χ4n) is 1.68. The predicted octanol–water partition coefficient (Wildman–Crippen LogP) is 2.25. The van der Waals surface area contributed by atoms with E-state index in [1.807, 2.05) is 0 Å². The molecule has 0 radical (unpaired) electrons. The van der Waals surface area contributed by atoms with Gasteiger partial charge in [0.1, 0.15) is 11.9 Å². The van der Waals surface area contributed by atoms with Crippen molar-refractivity contribution in [3.63, 3.8) is 0 Å². The largest absolute Gasteiger partial charge is 0.385 e. The van der Waals surface area contributed by atoms with E-state index in [0.29, 0.717) is 24.4 Å². The summed E-state index contributed by atoms with van der Waals surface area (Å²) in [5, 5.41) is 5.62. The van der Waals surface area contributed by atoms with E-state index in [4.69, 9.17) is 16.3 Å². The monoisotopic (exact) mass is 258 g/mol. The first-order valence-electron chi connectivity index (χ1n) is 5.17. The molecule has 1 amide bonds. The number of rotatable bonds is 3. The first-order chi connectivity index (χ1) is 8.11. The van der Waals surface area contributed by atoms with Gasteiger partial charge in [-0.25, -0.2) is 4.39 Å². The Hall–Kier alpha value is -1.33. The van der Waals surface area contributed by atoms with Crippen molar-refractivity contribution in [1.29, 1.82) is 0 Å². The number of benzene rings is 1. The van der Waals surface area contributed by atoms with Crippen LogP contribution in [0, 0.1) is 5.82 Å². The van der Waals surface area contributed by atoms with Crippen molar-refractivity contribution in [2.24, 2.45) is 0 Å². The molecule has 0 fully saturated rings. The number of hydrogen-bond acceptors (Lipinski definition) is 3. The van der Waals surface area contributed by atoms with Gasteiger partial charge >= 0.3 is 0 Å². The SMILES string of the molecule is COCCC1Nc2cc(F)c(Cl)cc2NC1=O. The Labute approximate surface area is 103 Å². The number of fused-ring (bicyclic) bond motifs is 1. The quantitative estimate of drug-likeness (QED) is 0.874. The van der Waals surface area contributed by atoms with E-state index in [9.17, 15) is 9.18 Å². The van der Waals surface area contributed by atoms with Crippen LogP contribution in [-0.2, 0) is 9.53 Å². The second-order valence-electron chi connectivity index (χ2n) is 3.78. The van der Waals surface area contributed by atoms with Crippen LogP contribution in [0.1, 0.15) is 6.42 Å². The molecule has 6 heteroatoms. The summed E-state index contributed by atoms with van der Waals surface area (Å²) in [5.41, 5.74) is 1.03. The average molecular weight is 259 g/mol.